The van der Waals surface area contributed by atoms with E-state index in [9.17, 15) is 14.8 Å². The molecule has 0 bridgehead atoms. The zero-order chi connectivity index (χ0) is 20.1. The number of nitrogens with one attached hydrogen (secondary N) is 1. The topological polar surface area (TPSA) is 104 Å². The maximum Gasteiger partial charge on any atom is 0.475 e. The molecule has 146 valence electrons. The lowest BCUT2D eigenvalue weighted by molar-refractivity contribution is -0.131. The number of hydrogen-bond acceptors (Lipinski definition) is 6. The highest BCUT2D eigenvalue weighted by molar-refractivity contribution is 6.43. The van der Waals surface area contributed by atoms with Crippen molar-refractivity contribution in [3.63, 3.8) is 0 Å². The molecular formula is C20H24BN3O4. The van der Waals surface area contributed by atoms with Gasteiger partial charge in [-0.3, -0.25) is 9.78 Å². The Labute approximate surface area is 164 Å². The minimum Gasteiger partial charge on any atom is -0.426 e. The first kappa shape index (κ1) is 20.0. The van der Waals surface area contributed by atoms with Crippen molar-refractivity contribution >= 4 is 18.7 Å². The highest BCUT2D eigenvalue weighted by atomic mass is 16.6. The smallest absolute Gasteiger partial charge is 0.426 e. The van der Waals surface area contributed by atoms with Gasteiger partial charge in [-0.1, -0.05) is 49.3 Å². The van der Waals surface area contributed by atoms with Gasteiger partial charge in [0.05, 0.1) is 17.3 Å². The maximum absolute atomic E-state index is 12.4. The van der Waals surface area contributed by atoms with Gasteiger partial charge in [0.15, 0.2) is 0 Å². The minimum absolute atomic E-state index is 0.206. The van der Waals surface area contributed by atoms with Gasteiger partial charge in [-0.15, -0.1) is 0 Å². The van der Waals surface area contributed by atoms with Crippen LogP contribution in [-0.2, 0) is 9.63 Å². The van der Waals surface area contributed by atoms with E-state index < -0.39 is 25.1 Å². The van der Waals surface area contributed by atoms with E-state index in [1.54, 1.807) is 6.20 Å². The highest BCUT2D eigenvalue weighted by Crippen LogP contribution is 2.20. The van der Waals surface area contributed by atoms with Crippen LogP contribution in [0.3, 0.4) is 0 Å². The van der Waals surface area contributed by atoms with E-state index in [1.165, 1.54) is 0 Å². The predicted octanol–water partition coefficient (Wildman–Crippen LogP) is 1.78. The number of oxime groups is 1. The van der Waals surface area contributed by atoms with Crippen LogP contribution in [0.1, 0.15) is 32.3 Å². The van der Waals surface area contributed by atoms with E-state index in [2.05, 4.69) is 15.5 Å². The Morgan fingerprint density at radius 2 is 1.96 bits per heavy atom. The Hall–Kier alpha value is -2.71. The normalized spacial score (nSPS) is 17.0. The quantitative estimate of drug-likeness (QED) is 0.635. The molecule has 0 saturated carbocycles. The first-order chi connectivity index (χ1) is 13.4. The minimum atomic E-state index is -1.62. The van der Waals surface area contributed by atoms with Crippen LogP contribution >= 0.6 is 0 Å². The fraction of sp³-hybridized carbons (Fsp3) is 0.350. The third-order valence-corrected chi connectivity index (χ3v) is 4.54. The summed E-state index contributed by atoms with van der Waals surface area (Å²) in [5.74, 6) is -0.948. The molecular weight excluding hydrogens is 357 g/mol. The van der Waals surface area contributed by atoms with Crippen LogP contribution in [0.25, 0.3) is 11.3 Å². The number of hydrogen-bond donors (Lipinski definition) is 3. The summed E-state index contributed by atoms with van der Waals surface area (Å²) >= 11 is 0. The summed E-state index contributed by atoms with van der Waals surface area (Å²) in [6, 6.07) is 13.6. The Kier molecular flexibility index (Phi) is 6.43. The number of carbonyl (C=O) groups is 1. The first-order valence-corrected chi connectivity index (χ1v) is 9.35. The Morgan fingerprint density at radius 1 is 1.21 bits per heavy atom. The van der Waals surface area contributed by atoms with Gasteiger partial charge in [0.2, 0.25) is 6.10 Å². The average Bonchev–Trinajstić information content (AvgIpc) is 3.18. The molecule has 0 saturated heterocycles. The SMILES string of the molecule is CC(C)CC(NC(=O)C1CC(c2ccc(-c3ccccc3)nc2)=NO1)B(O)O. The fourth-order valence-corrected chi connectivity index (χ4v) is 3.07. The number of pyridine rings is 1. The summed E-state index contributed by atoms with van der Waals surface area (Å²) in [6.45, 7) is 3.89. The number of carbonyl (C=O) groups excluding carboxylic acids is 1. The van der Waals surface area contributed by atoms with E-state index in [-0.39, 0.29) is 5.92 Å². The molecule has 2 atom stereocenters. The molecule has 1 aromatic heterocycles. The van der Waals surface area contributed by atoms with Gasteiger partial charge in [-0.05, 0) is 24.5 Å². The van der Waals surface area contributed by atoms with Crippen molar-refractivity contribution in [1.82, 2.24) is 10.3 Å². The van der Waals surface area contributed by atoms with Gasteiger partial charge in [0, 0.05) is 23.7 Å². The Balaban J connectivity index is 1.60. The van der Waals surface area contributed by atoms with Crippen molar-refractivity contribution in [3.05, 3.63) is 54.2 Å². The first-order valence-electron chi connectivity index (χ1n) is 9.35. The molecule has 1 amide bonds. The standard InChI is InChI=1S/C20H24BN3O4/c1-13(2)10-19(21(26)27)23-20(25)18-11-17(24-28-18)15-8-9-16(22-12-15)14-6-4-3-5-7-14/h3-9,12-13,18-19,26-27H,10-11H2,1-2H3,(H,23,25). The second kappa shape index (κ2) is 8.99. The van der Waals surface area contributed by atoms with Crippen LogP contribution in [-0.4, -0.2) is 45.8 Å². The lowest BCUT2D eigenvalue weighted by atomic mass is 9.75. The molecule has 1 aromatic carbocycles. The number of aromatic nitrogens is 1. The molecule has 0 radical (unpaired) electrons. The van der Waals surface area contributed by atoms with Crippen LogP contribution in [0.15, 0.2) is 53.8 Å². The largest absolute Gasteiger partial charge is 0.475 e. The van der Waals surface area contributed by atoms with Crippen molar-refractivity contribution in [1.29, 1.82) is 0 Å². The fourth-order valence-electron chi connectivity index (χ4n) is 3.07. The van der Waals surface area contributed by atoms with Crippen LogP contribution in [0, 0.1) is 5.92 Å². The van der Waals surface area contributed by atoms with E-state index in [0.29, 0.717) is 18.6 Å². The van der Waals surface area contributed by atoms with Crippen molar-refractivity contribution in [2.75, 3.05) is 0 Å². The molecule has 8 heteroatoms. The second-order valence-corrected chi connectivity index (χ2v) is 7.29. The van der Waals surface area contributed by atoms with Crippen molar-refractivity contribution in [3.8, 4) is 11.3 Å². The van der Waals surface area contributed by atoms with Crippen LogP contribution < -0.4 is 5.32 Å². The van der Waals surface area contributed by atoms with E-state index in [0.717, 1.165) is 16.8 Å². The summed E-state index contributed by atoms with van der Waals surface area (Å²) < 4.78 is 0. The monoisotopic (exact) mass is 381 g/mol. The summed E-state index contributed by atoms with van der Waals surface area (Å²) in [6.07, 6.45) is 1.67. The molecule has 0 fully saturated rings. The lowest BCUT2D eigenvalue weighted by Crippen LogP contribution is -2.50. The molecule has 28 heavy (non-hydrogen) atoms. The van der Waals surface area contributed by atoms with Crippen LogP contribution in [0.2, 0.25) is 0 Å². The van der Waals surface area contributed by atoms with Gasteiger partial charge in [-0.2, -0.15) is 0 Å². The third-order valence-electron chi connectivity index (χ3n) is 4.54. The molecule has 7 nitrogen and oxygen atoms in total. The molecule has 0 aliphatic carbocycles. The van der Waals surface area contributed by atoms with Gasteiger partial charge in [-0.25, -0.2) is 0 Å². The number of amides is 1. The molecule has 3 N–H and O–H groups in total. The summed E-state index contributed by atoms with van der Waals surface area (Å²) in [5.41, 5.74) is 3.30. The third kappa shape index (κ3) is 4.96. The van der Waals surface area contributed by atoms with Gasteiger partial charge < -0.3 is 20.2 Å². The van der Waals surface area contributed by atoms with Crippen LogP contribution in [0.4, 0.5) is 0 Å². The van der Waals surface area contributed by atoms with Crippen LogP contribution in [0.5, 0.6) is 0 Å². The zero-order valence-electron chi connectivity index (χ0n) is 15.9. The maximum atomic E-state index is 12.4. The molecule has 2 unspecified atom stereocenters. The van der Waals surface area contributed by atoms with E-state index in [4.69, 9.17) is 4.84 Å². The molecule has 2 heterocycles. The zero-order valence-corrected chi connectivity index (χ0v) is 15.9. The van der Waals surface area contributed by atoms with Gasteiger partial charge in [0.25, 0.3) is 5.91 Å². The Bertz CT molecular complexity index is 825. The average molecular weight is 381 g/mol. The number of nitrogens with zero attached hydrogens (tertiary/aromatic N) is 2. The molecule has 1 aliphatic rings. The summed E-state index contributed by atoms with van der Waals surface area (Å²) in [7, 11) is -1.62. The molecule has 1 aliphatic heterocycles. The molecule has 3 rings (SSSR count). The molecule has 2 aromatic rings. The number of benzene rings is 1. The van der Waals surface area contributed by atoms with Gasteiger partial charge in [0.1, 0.15) is 0 Å². The van der Waals surface area contributed by atoms with Crippen molar-refractivity contribution < 1.29 is 19.7 Å². The van der Waals surface area contributed by atoms with E-state index in [1.807, 2.05) is 56.3 Å². The van der Waals surface area contributed by atoms with E-state index >= 15 is 0 Å². The highest BCUT2D eigenvalue weighted by Gasteiger charge is 2.33. The second-order valence-electron chi connectivity index (χ2n) is 7.29. The summed E-state index contributed by atoms with van der Waals surface area (Å²) in [4.78, 5) is 22.1. The molecule has 0 spiro atoms. The van der Waals surface area contributed by atoms with Crippen molar-refractivity contribution in [2.24, 2.45) is 11.1 Å². The van der Waals surface area contributed by atoms with Gasteiger partial charge >= 0.3 is 7.12 Å². The predicted molar refractivity (Wildman–Crippen MR) is 107 cm³/mol. The summed E-state index contributed by atoms with van der Waals surface area (Å²) in [5, 5.41) is 25.6. The lowest BCUT2D eigenvalue weighted by Gasteiger charge is -2.20. The van der Waals surface area contributed by atoms with Crippen molar-refractivity contribution in [2.45, 2.75) is 38.7 Å². The number of rotatable bonds is 7. The Morgan fingerprint density at radius 3 is 2.57 bits per heavy atom.